The summed E-state index contributed by atoms with van der Waals surface area (Å²) in [6.45, 7) is 0.646. The summed E-state index contributed by atoms with van der Waals surface area (Å²) in [6.07, 6.45) is 2.90. The van der Waals surface area contributed by atoms with Gasteiger partial charge in [-0.2, -0.15) is 0 Å². The summed E-state index contributed by atoms with van der Waals surface area (Å²) in [6, 6.07) is 6.88. The zero-order valence-corrected chi connectivity index (χ0v) is 10.9. The van der Waals surface area contributed by atoms with Crippen molar-refractivity contribution < 1.29 is 14.7 Å². The van der Waals surface area contributed by atoms with Crippen LogP contribution in [0.25, 0.3) is 11.0 Å². The first kappa shape index (κ1) is 12.7. The molecule has 0 aliphatic carbocycles. The second-order valence-corrected chi connectivity index (χ2v) is 4.94. The second kappa shape index (κ2) is 4.96. The molecule has 2 aromatic rings. The van der Waals surface area contributed by atoms with E-state index in [9.17, 15) is 9.59 Å². The van der Waals surface area contributed by atoms with E-state index in [4.69, 9.17) is 5.11 Å². The van der Waals surface area contributed by atoms with Crippen LogP contribution in [-0.4, -0.2) is 44.0 Å². The molecule has 1 aromatic heterocycles. The standard InChI is InChI=1S/C14H15N3O3/c18-13(17-7-3-6-12(17)14(19)20)8-16-9-15-10-4-1-2-5-11(10)16/h1-2,4-5,9,12H,3,6-8H2,(H,19,20)/t12-/m1/s1. The lowest BCUT2D eigenvalue weighted by molar-refractivity contribution is -0.148. The molecule has 0 radical (unpaired) electrons. The Morgan fingerprint density at radius 3 is 2.95 bits per heavy atom. The number of benzene rings is 1. The molecule has 1 amide bonds. The van der Waals surface area contributed by atoms with Gasteiger partial charge in [-0.25, -0.2) is 9.78 Å². The number of carboxylic acids is 1. The van der Waals surface area contributed by atoms with Crippen LogP contribution in [0.1, 0.15) is 12.8 Å². The first-order valence-electron chi connectivity index (χ1n) is 6.59. The maximum absolute atomic E-state index is 12.3. The minimum absolute atomic E-state index is 0.129. The number of aromatic nitrogens is 2. The van der Waals surface area contributed by atoms with Crippen LogP contribution in [0.15, 0.2) is 30.6 Å². The fraction of sp³-hybridized carbons (Fsp3) is 0.357. The van der Waals surface area contributed by atoms with Crippen LogP contribution in [0.3, 0.4) is 0 Å². The molecular weight excluding hydrogens is 258 g/mol. The Balaban J connectivity index is 1.80. The number of fused-ring (bicyclic) bond motifs is 1. The van der Waals surface area contributed by atoms with E-state index in [0.29, 0.717) is 13.0 Å². The SMILES string of the molecule is O=C(O)[C@H]1CCCN1C(=O)Cn1cnc2ccccc21. The number of aliphatic carboxylic acids is 1. The van der Waals surface area contributed by atoms with Crippen molar-refractivity contribution in [3.63, 3.8) is 0 Å². The van der Waals surface area contributed by atoms with Crippen LogP contribution < -0.4 is 0 Å². The number of hydrogen-bond acceptors (Lipinski definition) is 3. The summed E-state index contributed by atoms with van der Waals surface area (Å²) in [4.78, 5) is 29.1. The lowest BCUT2D eigenvalue weighted by Crippen LogP contribution is -2.41. The number of likely N-dealkylation sites (tertiary alicyclic amines) is 1. The Labute approximate surface area is 115 Å². The average molecular weight is 273 g/mol. The number of para-hydroxylation sites is 2. The lowest BCUT2D eigenvalue weighted by Gasteiger charge is -2.21. The number of hydrogen-bond donors (Lipinski definition) is 1. The quantitative estimate of drug-likeness (QED) is 0.909. The van der Waals surface area contributed by atoms with Crippen LogP contribution in [-0.2, 0) is 16.1 Å². The van der Waals surface area contributed by atoms with Crippen LogP contribution in [0, 0.1) is 0 Å². The van der Waals surface area contributed by atoms with Crippen molar-refractivity contribution in [3.8, 4) is 0 Å². The van der Waals surface area contributed by atoms with E-state index in [0.717, 1.165) is 17.5 Å². The van der Waals surface area contributed by atoms with Crippen molar-refractivity contribution in [2.24, 2.45) is 0 Å². The van der Waals surface area contributed by atoms with Crippen molar-refractivity contribution in [2.75, 3.05) is 6.54 Å². The smallest absolute Gasteiger partial charge is 0.326 e. The average Bonchev–Trinajstić information content (AvgIpc) is 3.06. The molecule has 6 heteroatoms. The van der Waals surface area contributed by atoms with Crippen molar-refractivity contribution in [1.29, 1.82) is 0 Å². The van der Waals surface area contributed by atoms with Gasteiger partial charge in [-0.3, -0.25) is 4.79 Å². The number of imidazole rings is 1. The van der Waals surface area contributed by atoms with Gasteiger partial charge in [-0.1, -0.05) is 12.1 Å². The molecule has 3 rings (SSSR count). The molecule has 1 N–H and O–H groups in total. The molecule has 0 saturated carbocycles. The number of nitrogens with zero attached hydrogens (tertiary/aromatic N) is 3. The van der Waals surface area contributed by atoms with Crippen molar-refractivity contribution in [3.05, 3.63) is 30.6 Å². The number of amides is 1. The molecular formula is C14H15N3O3. The van der Waals surface area contributed by atoms with Gasteiger partial charge in [-0.05, 0) is 25.0 Å². The van der Waals surface area contributed by atoms with Crippen LogP contribution in [0.2, 0.25) is 0 Å². The van der Waals surface area contributed by atoms with Crippen molar-refractivity contribution >= 4 is 22.9 Å². The largest absolute Gasteiger partial charge is 0.480 e. The number of carbonyl (C=O) groups excluding carboxylic acids is 1. The van der Waals surface area contributed by atoms with Gasteiger partial charge in [0.1, 0.15) is 12.6 Å². The lowest BCUT2D eigenvalue weighted by atomic mass is 10.2. The predicted octanol–water partition coefficient (Wildman–Crippen LogP) is 1.11. The van der Waals surface area contributed by atoms with E-state index in [2.05, 4.69) is 4.98 Å². The third-order valence-corrected chi connectivity index (χ3v) is 3.69. The summed E-state index contributed by atoms with van der Waals surface area (Å²) < 4.78 is 1.76. The zero-order chi connectivity index (χ0) is 14.1. The molecule has 104 valence electrons. The van der Waals surface area contributed by atoms with Gasteiger partial charge in [-0.15, -0.1) is 0 Å². The maximum atomic E-state index is 12.3. The Morgan fingerprint density at radius 1 is 1.35 bits per heavy atom. The Kier molecular flexibility index (Phi) is 3.14. The maximum Gasteiger partial charge on any atom is 0.326 e. The second-order valence-electron chi connectivity index (χ2n) is 4.94. The molecule has 2 heterocycles. The molecule has 0 bridgehead atoms. The van der Waals surface area contributed by atoms with E-state index in [-0.39, 0.29) is 12.5 Å². The first-order valence-corrected chi connectivity index (χ1v) is 6.59. The molecule has 1 aromatic carbocycles. The molecule has 6 nitrogen and oxygen atoms in total. The van der Waals surface area contributed by atoms with Gasteiger partial charge in [0.2, 0.25) is 5.91 Å². The molecule has 0 unspecified atom stereocenters. The minimum Gasteiger partial charge on any atom is -0.480 e. The summed E-state index contributed by atoms with van der Waals surface area (Å²) in [5, 5.41) is 9.12. The highest BCUT2D eigenvalue weighted by Gasteiger charge is 2.33. The normalized spacial score (nSPS) is 18.6. The fourth-order valence-corrected chi connectivity index (χ4v) is 2.69. The van der Waals surface area contributed by atoms with Crippen molar-refractivity contribution in [1.82, 2.24) is 14.5 Å². The monoisotopic (exact) mass is 273 g/mol. The van der Waals surface area contributed by atoms with Gasteiger partial charge in [0.25, 0.3) is 0 Å². The fourth-order valence-electron chi connectivity index (χ4n) is 2.69. The molecule has 0 spiro atoms. The molecule has 1 saturated heterocycles. The summed E-state index contributed by atoms with van der Waals surface area (Å²) in [5.74, 6) is -1.09. The van der Waals surface area contributed by atoms with Gasteiger partial charge in [0.05, 0.1) is 17.4 Å². The highest BCUT2D eigenvalue weighted by Crippen LogP contribution is 2.19. The van der Waals surface area contributed by atoms with Gasteiger partial charge < -0.3 is 14.6 Å². The molecule has 1 aliphatic rings. The van der Waals surface area contributed by atoms with Crippen molar-refractivity contribution in [2.45, 2.75) is 25.4 Å². The van der Waals surface area contributed by atoms with Crippen LogP contribution in [0.4, 0.5) is 0 Å². The third-order valence-electron chi connectivity index (χ3n) is 3.69. The van der Waals surface area contributed by atoms with E-state index >= 15 is 0 Å². The molecule has 1 atom stereocenters. The van der Waals surface area contributed by atoms with Crippen LogP contribution >= 0.6 is 0 Å². The van der Waals surface area contributed by atoms with E-state index in [1.807, 2.05) is 24.3 Å². The van der Waals surface area contributed by atoms with E-state index in [1.165, 1.54) is 4.90 Å². The minimum atomic E-state index is -0.925. The molecule has 1 fully saturated rings. The summed E-state index contributed by atoms with van der Waals surface area (Å²) in [5.41, 5.74) is 1.71. The zero-order valence-electron chi connectivity index (χ0n) is 10.9. The van der Waals surface area contributed by atoms with Gasteiger partial charge in [0, 0.05) is 6.54 Å². The predicted molar refractivity (Wildman–Crippen MR) is 72.1 cm³/mol. The molecule has 1 aliphatic heterocycles. The highest BCUT2D eigenvalue weighted by molar-refractivity contribution is 5.85. The topological polar surface area (TPSA) is 75.4 Å². The van der Waals surface area contributed by atoms with Gasteiger partial charge >= 0.3 is 5.97 Å². The summed E-state index contributed by atoms with van der Waals surface area (Å²) in [7, 11) is 0. The summed E-state index contributed by atoms with van der Waals surface area (Å²) >= 11 is 0. The Hall–Kier alpha value is -2.37. The Morgan fingerprint density at radius 2 is 2.15 bits per heavy atom. The highest BCUT2D eigenvalue weighted by atomic mass is 16.4. The first-order chi connectivity index (χ1) is 9.66. The van der Waals surface area contributed by atoms with E-state index < -0.39 is 12.0 Å². The van der Waals surface area contributed by atoms with Gasteiger partial charge in [0.15, 0.2) is 0 Å². The van der Waals surface area contributed by atoms with E-state index in [1.54, 1.807) is 10.9 Å². The molecule has 20 heavy (non-hydrogen) atoms. The number of carboxylic acid groups (broad SMARTS) is 1. The Bertz CT molecular complexity index is 664. The third kappa shape index (κ3) is 2.13. The number of rotatable bonds is 3. The van der Waals surface area contributed by atoms with Crippen LogP contribution in [0.5, 0.6) is 0 Å². The number of carbonyl (C=O) groups is 2.